The summed E-state index contributed by atoms with van der Waals surface area (Å²) in [4.78, 5) is 14.1. The molecule has 0 saturated heterocycles. The predicted molar refractivity (Wildman–Crippen MR) is 131 cm³/mol. The van der Waals surface area contributed by atoms with Crippen LogP contribution in [0.25, 0.3) is 0 Å². The summed E-state index contributed by atoms with van der Waals surface area (Å²) < 4.78 is 10.3. The largest absolute Gasteiger partial charge is 0.462 e. The molecule has 31 heavy (non-hydrogen) atoms. The number of likely N-dealkylation sites (N-methyl/N-ethyl adjacent to an activating group) is 1. The molecule has 0 radical (unpaired) electrons. The first-order chi connectivity index (χ1) is 14.7. The summed E-state index contributed by atoms with van der Waals surface area (Å²) in [6.07, 6.45) is 17.0. The van der Waals surface area contributed by atoms with Gasteiger partial charge in [0.05, 0.1) is 13.2 Å². The summed E-state index contributed by atoms with van der Waals surface area (Å²) in [5.74, 6) is 1.09. The second-order valence-corrected chi connectivity index (χ2v) is 9.72. The van der Waals surface area contributed by atoms with E-state index in [9.17, 15) is 4.79 Å². The number of carbonyl (C=O) groups excluding carboxylic acids is 1. The number of esters is 1. The van der Waals surface area contributed by atoms with Gasteiger partial charge >= 0.3 is 5.97 Å². The Kier molecular flexibility index (Phi) is 12.7. The van der Waals surface area contributed by atoms with Crippen molar-refractivity contribution < 1.29 is 14.3 Å². The summed E-state index contributed by atoms with van der Waals surface area (Å²) in [5.41, 5.74) is 2.48. The van der Waals surface area contributed by atoms with E-state index in [-0.39, 0.29) is 5.97 Å². The number of ether oxygens (including phenoxy) is 2. The van der Waals surface area contributed by atoms with E-state index in [1.807, 2.05) is 26.1 Å². The molecule has 1 aliphatic rings. The second-order valence-electron chi connectivity index (χ2n) is 9.72. The van der Waals surface area contributed by atoms with Gasteiger partial charge in [-0.2, -0.15) is 0 Å². The maximum atomic E-state index is 11.9. The van der Waals surface area contributed by atoms with Crippen molar-refractivity contribution in [2.24, 2.45) is 17.3 Å². The fourth-order valence-corrected chi connectivity index (χ4v) is 4.25. The molecule has 0 spiro atoms. The molecule has 0 amide bonds. The lowest BCUT2D eigenvalue weighted by Gasteiger charge is -2.41. The average molecular weight is 432 g/mol. The van der Waals surface area contributed by atoms with Crippen molar-refractivity contribution in [2.75, 3.05) is 40.5 Å². The number of carbonyl (C=O) groups is 1. The lowest BCUT2D eigenvalue weighted by molar-refractivity contribution is -0.137. The van der Waals surface area contributed by atoms with Crippen molar-refractivity contribution in [3.8, 4) is 0 Å². The highest BCUT2D eigenvalue weighted by atomic mass is 16.5. The summed E-state index contributed by atoms with van der Waals surface area (Å²) in [6, 6.07) is 0. The van der Waals surface area contributed by atoms with Crippen LogP contribution in [0.15, 0.2) is 47.6 Å². The van der Waals surface area contributed by atoms with E-state index < -0.39 is 0 Å². The molecule has 1 rings (SSSR count). The number of nitrogens with zero attached hydrogens (tertiary/aromatic N) is 1. The van der Waals surface area contributed by atoms with E-state index in [0.717, 1.165) is 31.0 Å². The molecule has 0 aromatic heterocycles. The van der Waals surface area contributed by atoms with Gasteiger partial charge in [0, 0.05) is 26.3 Å². The van der Waals surface area contributed by atoms with E-state index in [0.29, 0.717) is 24.5 Å². The van der Waals surface area contributed by atoms with Crippen molar-refractivity contribution in [1.82, 2.24) is 4.90 Å². The van der Waals surface area contributed by atoms with Gasteiger partial charge in [0.25, 0.3) is 0 Å². The highest BCUT2D eigenvalue weighted by Crippen LogP contribution is 2.44. The van der Waals surface area contributed by atoms with Crippen LogP contribution in [0, 0.1) is 17.3 Å². The molecule has 0 aliphatic heterocycles. The zero-order valence-electron chi connectivity index (χ0n) is 20.9. The van der Waals surface area contributed by atoms with Gasteiger partial charge in [-0.05, 0) is 56.6 Å². The number of methoxy groups -OCH3 is 1. The average Bonchev–Trinajstić information content (AvgIpc) is 2.68. The van der Waals surface area contributed by atoms with Gasteiger partial charge in [0.15, 0.2) is 0 Å². The molecule has 1 fully saturated rings. The van der Waals surface area contributed by atoms with Gasteiger partial charge in [-0.3, -0.25) is 0 Å². The Morgan fingerprint density at radius 3 is 2.55 bits per heavy atom. The van der Waals surface area contributed by atoms with Gasteiger partial charge in [-0.15, -0.1) is 0 Å². The normalized spacial score (nSPS) is 22.6. The molecular weight excluding hydrogens is 386 g/mol. The molecule has 4 heteroatoms. The first-order valence-corrected chi connectivity index (χ1v) is 11.7. The zero-order chi connectivity index (χ0) is 23.3. The van der Waals surface area contributed by atoms with Crippen LogP contribution in [0.1, 0.15) is 60.3 Å². The molecule has 0 aromatic rings. The molecule has 0 N–H and O–H groups in total. The summed E-state index contributed by atoms with van der Waals surface area (Å²) >= 11 is 0. The quantitative estimate of drug-likeness (QED) is 0.165. The molecule has 0 aromatic carbocycles. The van der Waals surface area contributed by atoms with Crippen molar-refractivity contribution in [1.29, 1.82) is 0 Å². The fraction of sp³-hybridized carbons (Fsp3) is 0.667. The Morgan fingerprint density at radius 2 is 1.87 bits per heavy atom. The van der Waals surface area contributed by atoms with Crippen LogP contribution in [0.2, 0.25) is 0 Å². The van der Waals surface area contributed by atoms with Crippen molar-refractivity contribution in [3.05, 3.63) is 47.6 Å². The number of rotatable bonds is 12. The minimum Gasteiger partial charge on any atom is -0.462 e. The minimum atomic E-state index is -0.282. The zero-order valence-corrected chi connectivity index (χ0v) is 20.9. The molecule has 2 unspecified atom stereocenters. The van der Waals surface area contributed by atoms with E-state index >= 15 is 0 Å². The Hall–Kier alpha value is -1.65. The maximum absolute atomic E-state index is 11.9. The van der Waals surface area contributed by atoms with E-state index in [1.165, 1.54) is 24.8 Å². The summed E-state index contributed by atoms with van der Waals surface area (Å²) in [7, 11) is 3.74. The minimum absolute atomic E-state index is 0.282. The summed E-state index contributed by atoms with van der Waals surface area (Å²) in [6.45, 7) is 14.1. The molecule has 4 nitrogen and oxygen atoms in total. The van der Waals surface area contributed by atoms with Gasteiger partial charge in [0.2, 0.25) is 0 Å². The van der Waals surface area contributed by atoms with Gasteiger partial charge in [-0.25, -0.2) is 4.79 Å². The molecule has 0 bridgehead atoms. The van der Waals surface area contributed by atoms with Crippen molar-refractivity contribution in [3.63, 3.8) is 0 Å². The molecule has 176 valence electrons. The Labute approximate surface area is 191 Å². The fourth-order valence-electron chi connectivity index (χ4n) is 4.25. The van der Waals surface area contributed by atoms with Crippen LogP contribution in [0.4, 0.5) is 0 Å². The van der Waals surface area contributed by atoms with Crippen LogP contribution in [0.3, 0.4) is 0 Å². The second kappa shape index (κ2) is 14.4. The predicted octanol–water partition coefficient (Wildman–Crippen LogP) is 5.97. The van der Waals surface area contributed by atoms with Crippen molar-refractivity contribution >= 4 is 5.97 Å². The Morgan fingerprint density at radius 1 is 1.13 bits per heavy atom. The van der Waals surface area contributed by atoms with E-state index in [4.69, 9.17) is 9.47 Å². The van der Waals surface area contributed by atoms with Crippen LogP contribution >= 0.6 is 0 Å². The highest BCUT2D eigenvalue weighted by Gasteiger charge is 2.34. The third kappa shape index (κ3) is 11.5. The van der Waals surface area contributed by atoms with E-state index in [1.54, 1.807) is 13.2 Å². The monoisotopic (exact) mass is 431 g/mol. The number of hydrogen-bond donors (Lipinski definition) is 0. The first-order valence-electron chi connectivity index (χ1n) is 11.7. The summed E-state index contributed by atoms with van der Waals surface area (Å²) in [5, 5.41) is 0. The van der Waals surface area contributed by atoms with Crippen molar-refractivity contribution in [2.45, 2.75) is 60.3 Å². The molecule has 0 heterocycles. The topological polar surface area (TPSA) is 38.8 Å². The smallest absolute Gasteiger partial charge is 0.331 e. The molecular formula is C27H45NO3. The van der Waals surface area contributed by atoms with Gasteiger partial charge < -0.3 is 14.4 Å². The van der Waals surface area contributed by atoms with Crippen LogP contribution in [-0.4, -0.2) is 51.3 Å². The number of allylic oxidation sites excluding steroid dienone is 7. The first kappa shape index (κ1) is 27.4. The van der Waals surface area contributed by atoms with Gasteiger partial charge in [-0.1, -0.05) is 69.6 Å². The van der Waals surface area contributed by atoms with Crippen LogP contribution < -0.4 is 0 Å². The molecule has 2 atom stereocenters. The lowest BCUT2D eigenvalue weighted by Crippen LogP contribution is -2.32. The standard InChI is InChI=1S/C27H45NO3/c1-22(14-15-25-24(3)13-9-16-27(25,4)5)11-8-12-23(2)21-26(29)31-19-10-17-28(6)18-20-30-7/h8,11-12,14-15,21,24-25H,9-10,13,16-20H2,1-7H3/b12-8+,15-14+,22-11+,23-21+. The highest BCUT2D eigenvalue weighted by molar-refractivity contribution is 5.83. The Bertz CT molecular complexity index is 657. The third-order valence-corrected chi connectivity index (χ3v) is 6.23. The number of hydrogen-bond acceptors (Lipinski definition) is 4. The molecule has 1 aliphatic carbocycles. The third-order valence-electron chi connectivity index (χ3n) is 6.23. The van der Waals surface area contributed by atoms with Crippen LogP contribution in [0.5, 0.6) is 0 Å². The Balaban J connectivity index is 2.43. The van der Waals surface area contributed by atoms with Gasteiger partial charge in [0.1, 0.15) is 0 Å². The van der Waals surface area contributed by atoms with Crippen LogP contribution in [-0.2, 0) is 14.3 Å². The van der Waals surface area contributed by atoms with E-state index in [2.05, 4.69) is 50.8 Å². The molecule has 1 saturated carbocycles. The maximum Gasteiger partial charge on any atom is 0.331 e. The lowest BCUT2D eigenvalue weighted by atomic mass is 9.64. The SMILES string of the molecule is COCCN(C)CCCOC(=O)/C=C(C)/C=C/C=C(C)/C=C/C1C(C)CCCC1(C)C.